The van der Waals surface area contributed by atoms with Crippen molar-refractivity contribution in [3.8, 4) is 0 Å². The highest BCUT2D eigenvalue weighted by molar-refractivity contribution is 5.81. The lowest BCUT2D eigenvalue weighted by Crippen LogP contribution is -2.47. The van der Waals surface area contributed by atoms with Crippen molar-refractivity contribution in [3.05, 3.63) is 0 Å². The molecule has 2 atom stereocenters. The summed E-state index contributed by atoms with van der Waals surface area (Å²) < 4.78 is 40.3. The topological polar surface area (TPSA) is 66.8 Å². The van der Waals surface area contributed by atoms with Crippen LogP contribution >= 0.6 is 0 Å². The number of halogens is 3. The number of carboxylic acid groups (broad SMARTS) is 1. The number of hydrogen-bond acceptors (Lipinski definition) is 3. The normalized spacial score (nSPS) is 22.1. The maximum absolute atomic E-state index is 12.0. The second kappa shape index (κ2) is 6.23. The van der Waals surface area contributed by atoms with E-state index in [1.807, 2.05) is 0 Å². The first-order valence-corrected chi connectivity index (χ1v) is 5.90. The average Bonchev–Trinajstić information content (AvgIpc) is 2.34. The molecule has 110 valence electrons. The number of nitrogens with zero attached hydrogens (tertiary/aromatic N) is 1. The molecule has 0 unspecified atom stereocenters. The molecule has 1 fully saturated rings. The van der Waals surface area contributed by atoms with Gasteiger partial charge in [0, 0.05) is 13.1 Å². The number of likely N-dealkylation sites (tertiary alicyclic amines) is 1. The third-order valence-corrected chi connectivity index (χ3v) is 2.93. The number of hydrogen-bond donors (Lipinski definition) is 1. The average molecular weight is 283 g/mol. The van der Waals surface area contributed by atoms with Crippen LogP contribution in [-0.4, -0.2) is 53.9 Å². The summed E-state index contributed by atoms with van der Waals surface area (Å²) in [6.07, 6.45) is -4.72. The number of aliphatic carboxylic acids is 1. The van der Waals surface area contributed by atoms with Crippen LogP contribution in [0.1, 0.15) is 19.8 Å². The third-order valence-electron chi connectivity index (χ3n) is 2.93. The first-order chi connectivity index (χ1) is 8.70. The predicted molar refractivity (Wildman–Crippen MR) is 58.4 cm³/mol. The second-order valence-corrected chi connectivity index (χ2v) is 4.53. The molecule has 1 N–H and O–H groups in total. The number of rotatable bonds is 4. The van der Waals surface area contributed by atoms with E-state index >= 15 is 0 Å². The van der Waals surface area contributed by atoms with Crippen LogP contribution in [0.2, 0.25) is 0 Å². The summed E-state index contributed by atoms with van der Waals surface area (Å²) in [4.78, 5) is 23.9. The molecule has 8 heteroatoms. The van der Waals surface area contributed by atoms with E-state index in [0.29, 0.717) is 19.4 Å². The smallest absolute Gasteiger partial charge is 0.411 e. The Hall–Kier alpha value is -1.31. The molecule has 1 aliphatic rings. The van der Waals surface area contributed by atoms with Crippen molar-refractivity contribution in [3.63, 3.8) is 0 Å². The van der Waals surface area contributed by atoms with Crippen molar-refractivity contribution in [2.45, 2.75) is 32.0 Å². The van der Waals surface area contributed by atoms with E-state index in [4.69, 9.17) is 5.11 Å². The first-order valence-electron chi connectivity index (χ1n) is 5.90. The highest BCUT2D eigenvalue weighted by Gasteiger charge is 2.33. The zero-order chi connectivity index (χ0) is 14.6. The standard InChI is InChI=1S/C11H16F3NO4/c1-7(19-6-11(12,13)14)9(16)15-4-2-3-8(5-15)10(17)18/h7-8H,2-6H2,1H3,(H,17,18)/t7-,8+/m1/s1. The maximum Gasteiger partial charge on any atom is 0.411 e. The molecule has 1 aliphatic heterocycles. The van der Waals surface area contributed by atoms with Gasteiger partial charge in [-0.05, 0) is 19.8 Å². The molecule has 0 radical (unpaired) electrons. The van der Waals surface area contributed by atoms with Gasteiger partial charge < -0.3 is 14.7 Å². The van der Waals surface area contributed by atoms with Gasteiger partial charge in [0.15, 0.2) is 0 Å². The van der Waals surface area contributed by atoms with Crippen LogP contribution in [0.3, 0.4) is 0 Å². The fourth-order valence-electron chi connectivity index (χ4n) is 1.93. The molecular formula is C11H16F3NO4. The van der Waals surface area contributed by atoms with Crippen LogP contribution < -0.4 is 0 Å². The van der Waals surface area contributed by atoms with E-state index in [1.165, 1.54) is 11.8 Å². The lowest BCUT2D eigenvalue weighted by molar-refractivity contribution is -0.189. The number of carbonyl (C=O) groups excluding carboxylic acids is 1. The van der Waals surface area contributed by atoms with Crippen molar-refractivity contribution in [1.29, 1.82) is 0 Å². The Bertz CT molecular complexity index is 345. The van der Waals surface area contributed by atoms with Crippen LogP contribution in [0.25, 0.3) is 0 Å². The number of ether oxygens (including phenoxy) is 1. The number of carboxylic acids is 1. The summed E-state index contributed by atoms with van der Waals surface area (Å²) in [7, 11) is 0. The van der Waals surface area contributed by atoms with Gasteiger partial charge >= 0.3 is 12.1 Å². The first kappa shape index (κ1) is 15.7. The largest absolute Gasteiger partial charge is 0.481 e. The summed E-state index contributed by atoms with van der Waals surface area (Å²) in [6, 6.07) is 0. The van der Waals surface area contributed by atoms with Crippen LogP contribution in [0.4, 0.5) is 13.2 Å². The van der Waals surface area contributed by atoms with E-state index < -0.39 is 36.7 Å². The third kappa shape index (κ3) is 5.06. The summed E-state index contributed by atoms with van der Waals surface area (Å²) in [5.74, 6) is -2.26. The molecule has 0 aromatic carbocycles. The summed E-state index contributed by atoms with van der Waals surface area (Å²) >= 11 is 0. The van der Waals surface area contributed by atoms with Gasteiger partial charge in [-0.1, -0.05) is 0 Å². The quantitative estimate of drug-likeness (QED) is 0.844. The highest BCUT2D eigenvalue weighted by Crippen LogP contribution is 2.19. The van der Waals surface area contributed by atoms with E-state index in [0.717, 1.165) is 0 Å². The van der Waals surface area contributed by atoms with Gasteiger partial charge in [-0.3, -0.25) is 9.59 Å². The number of amides is 1. The Morgan fingerprint density at radius 2 is 2.11 bits per heavy atom. The minimum absolute atomic E-state index is 0.0217. The van der Waals surface area contributed by atoms with E-state index in [-0.39, 0.29) is 6.54 Å². The minimum atomic E-state index is -4.49. The number of alkyl halides is 3. The molecule has 0 saturated carbocycles. The second-order valence-electron chi connectivity index (χ2n) is 4.53. The van der Waals surface area contributed by atoms with Gasteiger partial charge in [-0.15, -0.1) is 0 Å². The van der Waals surface area contributed by atoms with Crippen LogP contribution in [0.15, 0.2) is 0 Å². The molecule has 19 heavy (non-hydrogen) atoms. The molecule has 0 spiro atoms. The Balaban J connectivity index is 2.49. The summed E-state index contributed by atoms with van der Waals surface area (Å²) in [6.45, 7) is 0.116. The number of carbonyl (C=O) groups is 2. The predicted octanol–water partition coefficient (Wildman–Crippen LogP) is 1.28. The van der Waals surface area contributed by atoms with Crippen LogP contribution in [-0.2, 0) is 14.3 Å². The zero-order valence-corrected chi connectivity index (χ0v) is 10.4. The molecule has 0 aromatic heterocycles. The Kier molecular flexibility index (Phi) is 5.16. The molecule has 1 amide bonds. The molecule has 1 rings (SSSR count). The minimum Gasteiger partial charge on any atom is -0.481 e. The van der Waals surface area contributed by atoms with Gasteiger partial charge in [0.05, 0.1) is 5.92 Å². The molecule has 0 aliphatic carbocycles. The van der Waals surface area contributed by atoms with Gasteiger partial charge in [0.1, 0.15) is 12.7 Å². The van der Waals surface area contributed by atoms with Gasteiger partial charge in [-0.2, -0.15) is 13.2 Å². The van der Waals surface area contributed by atoms with Crippen molar-refractivity contribution >= 4 is 11.9 Å². The number of piperidine rings is 1. The van der Waals surface area contributed by atoms with Gasteiger partial charge in [0.25, 0.3) is 5.91 Å². The van der Waals surface area contributed by atoms with Crippen molar-refractivity contribution < 1.29 is 32.6 Å². The van der Waals surface area contributed by atoms with E-state index in [9.17, 15) is 22.8 Å². The molecule has 0 bridgehead atoms. The molecule has 1 heterocycles. The van der Waals surface area contributed by atoms with E-state index in [1.54, 1.807) is 0 Å². The van der Waals surface area contributed by atoms with Gasteiger partial charge in [0.2, 0.25) is 0 Å². The Morgan fingerprint density at radius 1 is 1.47 bits per heavy atom. The van der Waals surface area contributed by atoms with Crippen molar-refractivity contribution in [2.24, 2.45) is 5.92 Å². The van der Waals surface area contributed by atoms with Crippen LogP contribution in [0.5, 0.6) is 0 Å². The fourth-order valence-corrected chi connectivity index (χ4v) is 1.93. The van der Waals surface area contributed by atoms with Crippen LogP contribution in [0, 0.1) is 5.92 Å². The van der Waals surface area contributed by atoms with Crippen molar-refractivity contribution in [1.82, 2.24) is 4.90 Å². The molecular weight excluding hydrogens is 267 g/mol. The fraction of sp³-hybridized carbons (Fsp3) is 0.818. The Morgan fingerprint density at radius 3 is 2.63 bits per heavy atom. The van der Waals surface area contributed by atoms with Crippen molar-refractivity contribution in [2.75, 3.05) is 19.7 Å². The highest BCUT2D eigenvalue weighted by atomic mass is 19.4. The Labute approximate surface area is 108 Å². The summed E-state index contributed by atoms with van der Waals surface area (Å²) in [5.41, 5.74) is 0. The summed E-state index contributed by atoms with van der Waals surface area (Å²) in [5, 5.41) is 8.87. The van der Waals surface area contributed by atoms with Gasteiger partial charge in [-0.25, -0.2) is 0 Å². The maximum atomic E-state index is 12.0. The zero-order valence-electron chi connectivity index (χ0n) is 10.4. The monoisotopic (exact) mass is 283 g/mol. The molecule has 0 aromatic rings. The lowest BCUT2D eigenvalue weighted by atomic mass is 9.98. The van der Waals surface area contributed by atoms with E-state index in [2.05, 4.69) is 4.74 Å². The lowest BCUT2D eigenvalue weighted by Gasteiger charge is -2.32. The SMILES string of the molecule is C[C@@H](OCC(F)(F)F)C(=O)N1CCC[C@H](C(=O)O)C1. The molecule has 5 nitrogen and oxygen atoms in total. The molecule has 1 saturated heterocycles.